The lowest BCUT2D eigenvalue weighted by Gasteiger charge is -2.07. The summed E-state index contributed by atoms with van der Waals surface area (Å²) in [7, 11) is -3.44. The maximum absolute atomic E-state index is 12.1. The molecule has 20 heavy (non-hydrogen) atoms. The molecule has 0 atom stereocenters. The largest absolute Gasteiger partial charge is 0.282 e. The molecule has 2 N–H and O–H groups in total. The van der Waals surface area contributed by atoms with Gasteiger partial charge in [0.05, 0.1) is 10.6 Å². The van der Waals surface area contributed by atoms with Gasteiger partial charge in [-0.05, 0) is 50.5 Å². The van der Waals surface area contributed by atoms with Gasteiger partial charge in [0.15, 0.2) is 0 Å². The molecule has 6 heteroatoms. The minimum Gasteiger partial charge on any atom is -0.282 e. The molecule has 0 saturated carbocycles. The predicted octanol–water partition coefficient (Wildman–Crippen LogP) is 1.86. The molecule has 2 rings (SSSR count). The van der Waals surface area contributed by atoms with Crippen LogP contribution in [0.4, 0.5) is 0 Å². The number of nitrogens with one attached hydrogen (secondary N) is 2. The van der Waals surface area contributed by atoms with Crippen molar-refractivity contribution in [3.05, 3.63) is 46.8 Å². The maximum Gasteiger partial charge on any atom is 0.240 e. The molecule has 108 valence electrons. The SMILES string of the molecule is Cc1cccc(S(=O)(=O)NCCc2c(C)n[nH]c2C)c1. The van der Waals surface area contributed by atoms with Crippen LogP contribution in [0.1, 0.15) is 22.5 Å². The van der Waals surface area contributed by atoms with Gasteiger partial charge in [-0.15, -0.1) is 0 Å². The van der Waals surface area contributed by atoms with Crippen molar-refractivity contribution >= 4 is 10.0 Å². The number of aromatic amines is 1. The van der Waals surface area contributed by atoms with E-state index in [4.69, 9.17) is 0 Å². The third-order valence-electron chi connectivity index (χ3n) is 3.25. The van der Waals surface area contributed by atoms with Crippen molar-refractivity contribution in [2.75, 3.05) is 6.54 Å². The van der Waals surface area contributed by atoms with Gasteiger partial charge in [0.25, 0.3) is 0 Å². The van der Waals surface area contributed by atoms with Crippen molar-refractivity contribution < 1.29 is 8.42 Å². The Kier molecular flexibility index (Phi) is 4.25. The summed E-state index contributed by atoms with van der Waals surface area (Å²) < 4.78 is 26.9. The van der Waals surface area contributed by atoms with Gasteiger partial charge in [-0.25, -0.2) is 13.1 Å². The fourth-order valence-electron chi connectivity index (χ4n) is 2.12. The fourth-order valence-corrected chi connectivity index (χ4v) is 3.25. The molecular formula is C14H19N3O2S. The zero-order chi connectivity index (χ0) is 14.8. The lowest BCUT2D eigenvalue weighted by molar-refractivity contribution is 0.581. The number of sulfonamides is 1. The third-order valence-corrected chi connectivity index (χ3v) is 4.71. The summed E-state index contributed by atoms with van der Waals surface area (Å²) in [4.78, 5) is 0.304. The number of hydrogen-bond donors (Lipinski definition) is 2. The summed E-state index contributed by atoms with van der Waals surface area (Å²) in [5.41, 5.74) is 3.89. The van der Waals surface area contributed by atoms with Crippen LogP contribution in [-0.4, -0.2) is 25.2 Å². The standard InChI is InChI=1S/C14H19N3O2S/c1-10-5-4-6-13(9-10)20(18,19)15-8-7-14-11(2)16-17-12(14)3/h4-6,9,15H,7-8H2,1-3H3,(H,16,17). The molecule has 0 aliphatic heterocycles. The summed E-state index contributed by atoms with van der Waals surface area (Å²) in [6.45, 7) is 6.08. The topological polar surface area (TPSA) is 74.8 Å². The van der Waals surface area contributed by atoms with Crippen LogP contribution < -0.4 is 4.72 Å². The summed E-state index contributed by atoms with van der Waals surface area (Å²) in [6.07, 6.45) is 0.624. The molecule has 0 radical (unpaired) electrons. The number of nitrogens with zero attached hydrogens (tertiary/aromatic N) is 1. The second kappa shape index (κ2) is 5.76. The van der Waals surface area contributed by atoms with E-state index in [1.54, 1.807) is 18.2 Å². The van der Waals surface area contributed by atoms with E-state index >= 15 is 0 Å². The predicted molar refractivity (Wildman–Crippen MR) is 78.1 cm³/mol. The van der Waals surface area contributed by atoms with E-state index in [0.717, 1.165) is 22.5 Å². The Balaban J connectivity index is 2.04. The van der Waals surface area contributed by atoms with E-state index in [0.29, 0.717) is 17.9 Å². The minimum atomic E-state index is -3.44. The summed E-state index contributed by atoms with van der Waals surface area (Å²) in [6, 6.07) is 6.88. The zero-order valence-electron chi connectivity index (χ0n) is 11.9. The third kappa shape index (κ3) is 3.26. The maximum atomic E-state index is 12.1. The van der Waals surface area contributed by atoms with Crippen molar-refractivity contribution in [2.45, 2.75) is 32.1 Å². The molecule has 1 heterocycles. The molecule has 1 aromatic carbocycles. The van der Waals surface area contributed by atoms with E-state index in [-0.39, 0.29) is 0 Å². The summed E-state index contributed by atoms with van der Waals surface area (Å²) in [5.74, 6) is 0. The molecule has 0 amide bonds. The highest BCUT2D eigenvalue weighted by molar-refractivity contribution is 7.89. The molecule has 0 fully saturated rings. The number of benzene rings is 1. The van der Waals surface area contributed by atoms with E-state index in [1.807, 2.05) is 26.8 Å². The van der Waals surface area contributed by atoms with Gasteiger partial charge in [-0.1, -0.05) is 12.1 Å². The van der Waals surface area contributed by atoms with Crippen LogP contribution in [-0.2, 0) is 16.4 Å². The average molecular weight is 293 g/mol. The quantitative estimate of drug-likeness (QED) is 0.883. The van der Waals surface area contributed by atoms with Gasteiger partial charge < -0.3 is 0 Å². The van der Waals surface area contributed by atoms with Crippen molar-refractivity contribution in [3.63, 3.8) is 0 Å². The Morgan fingerprint density at radius 1 is 1.25 bits per heavy atom. The monoisotopic (exact) mass is 293 g/mol. The molecule has 0 spiro atoms. The van der Waals surface area contributed by atoms with Crippen LogP contribution in [0.2, 0.25) is 0 Å². The van der Waals surface area contributed by atoms with Crippen LogP contribution in [0, 0.1) is 20.8 Å². The molecule has 2 aromatic rings. The second-order valence-electron chi connectivity index (χ2n) is 4.88. The smallest absolute Gasteiger partial charge is 0.240 e. The van der Waals surface area contributed by atoms with Crippen molar-refractivity contribution in [3.8, 4) is 0 Å². The van der Waals surface area contributed by atoms with Gasteiger partial charge in [0, 0.05) is 12.2 Å². The lowest BCUT2D eigenvalue weighted by atomic mass is 10.1. The van der Waals surface area contributed by atoms with Gasteiger partial charge in [-0.3, -0.25) is 5.10 Å². The number of H-pyrrole nitrogens is 1. The van der Waals surface area contributed by atoms with Gasteiger partial charge >= 0.3 is 0 Å². The van der Waals surface area contributed by atoms with Gasteiger partial charge in [0.1, 0.15) is 0 Å². The Labute approximate surface area is 119 Å². The highest BCUT2D eigenvalue weighted by atomic mass is 32.2. The van der Waals surface area contributed by atoms with Crippen LogP contribution in [0.3, 0.4) is 0 Å². The van der Waals surface area contributed by atoms with Crippen LogP contribution in [0.25, 0.3) is 0 Å². The molecule has 5 nitrogen and oxygen atoms in total. The first-order valence-corrected chi connectivity index (χ1v) is 7.95. The van der Waals surface area contributed by atoms with Crippen molar-refractivity contribution in [1.29, 1.82) is 0 Å². The van der Waals surface area contributed by atoms with Crippen LogP contribution >= 0.6 is 0 Å². The Bertz CT molecular complexity index is 685. The molecule has 0 aliphatic rings. The first kappa shape index (κ1) is 14.7. The minimum absolute atomic E-state index is 0.304. The highest BCUT2D eigenvalue weighted by Crippen LogP contribution is 2.12. The fraction of sp³-hybridized carbons (Fsp3) is 0.357. The number of aryl methyl sites for hydroxylation is 3. The molecule has 0 unspecified atom stereocenters. The average Bonchev–Trinajstić information content (AvgIpc) is 2.70. The first-order valence-electron chi connectivity index (χ1n) is 6.47. The second-order valence-corrected chi connectivity index (χ2v) is 6.64. The Morgan fingerprint density at radius 3 is 2.60 bits per heavy atom. The summed E-state index contributed by atoms with van der Waals surface area (Å²) in [5, 5.41) is 7.00. The summed E-state index contributed by atoms with van der Waals surface area (Å²) >= 11 is 0. The number of aromatic nitrogens is 2. The van der Waals surface area contributed by atoms with Gasteiger partial charge in [-0.2, -0.15) is 5.10 Å². The van der Waals surface area contributed by atoms with Crippen molar-refractivity contribution in [2.24, 2.45) is 0 Å². The highest BCUT2D eigenvalue weighted by Gasteiger charge is 2.14. The van der Waals surface area contributed by atoms with Gasteiger partial charge in [0.2, 0.25) is 10.0 Å². The lowest BCUT2D eigenvalue weighted by Crippen LogP contribution is -2.26. The Hall–Kier alpha value is -1.66. The number of rotatable bonds is 5. The van der Waals surface area contributed by atoms with E-state index in [2.05, 4.69) is 14.9 Å². The van der Waals surface area contributed by atoms with E-state index in [9.17, 15) is 8.42 Å². The van der Waals surface area contributed by atoms with Crippen molar-refractivity contribution in [1.82, 2.24) is 14.9 Å². The molecule has 0 bridgehead atoms. The Morgan fingerprint density at radius 2 is 2.00 bits per heavy atom. The zero-order valence-corrected chi connectivity index (χ0v) is 12.7. The molecule has 1 aromatic heterocycles. The first-order chi connectivity index (χ1) is 9.40. The van der Waals surface area contributed by atoms with E-state index < -0.39 is 10.0 Å². The normalized spacial score (nSPS) is 11.8. The van der Waals surface area contributed by atoms with Crippen LogP contribution in [0.5, 0.6) is 0 Å². The van der Waals surface area contributed by atoms with Crippen LogP contribution in [0.15, 0.2) is 29.2 Å². The van der Waals surface area contributed by atoms with E-state index in [1.165, 1.54) is 0 Å². The molecular weight excluding hydrogens is 274 g/mol. The number of hydrogen-bond acceptors (Lipinski definition) is 3. The molecule has 0 aliphatic carbocycles. The molecule has 0 saturated heterocycles.